The van der Waals surface area contributed by atoms with Gasteiger partial charge in [-0.1, -0.05) is 0 Å². The third kappa shape index (κ3) is 2.85. The number of carboxylic acid groups (broad SMARTS) is 1. The van der Waals surface area contributed by atoms with E-state index in [1.165, 1.54) is 11.3 Å². The number of fused-ring (bicyclic) bond motifs is 2. The van der Waals surface area contributed by atoms with Crippen molar-refractivity contribution in [3.8, 4) is 5.75 Å². The minimum Gasteiger partial charge on any atom is -0.494 e. The van der Waals surface area contributed by atoms with E-state index >= 15 is 0 Å². The minimum absolute atomic E-state index is 0.366. The molecule has 0 aromatic carbocycles. The fraction of sp³-hybridized carbons (Fsp3) is 0.471. The average molecular weight is 361 g/mol. The molecule has 2 aliphatic heterocycles. The lowest BCUT2D eigenvalue weighted by molar-refractivity contribution is -0.0736. The van der Waals surface area contributed by atoms with Gasteiger partial charge >= 0.3 is 5.97 Å². The molecule has 0 aliphatic carbocycles. The van der Waals surface area contributed by atoms with Crippen molar-refractivity contribution in [2.45, 2.75) is 24.9 Å². The first-order valence-electron chi connectivity index (χ1n) is 8.23. The van der Waals surface area contributed by atoms with Crippen molar-refractivity contribution in [2.24, 2.45) is 0 Å². The molecule has 1 N–H and O–H groups in total. The van der Waals surface area contributed by atoms with Crippen LogP contribution in [0.3, 0.4) is 0 Å². The van der Waals surface area contributed by atoms with Gasteiger partial charge in [0, 0.05) is 18.0 Å². The molecular weight excluding hydrogens is 342 g/mol. The Morgan fingerprint density at radius 2 is 2.08 bits per heavy atom. The van der Waals surface area contributed by atoms with Crippen LogP contribution >= 0.6 is 11.3 Å². The van der Waals surface area contributed by atoms with Crippen LogP contribution < -0.4 is 9.64 Å². The van der Waals surface area contributed by atoms with Crippen LogP contribution in [-0.4, -0.2) is 47.8 Å². The lowest BCUT2D eigenvalue weighted by Gasteiger charge is -2.43. The van der Waals surface area contributed by atoms with Crippen LogP contribution in [0.25, 0.3) is 0 Å². The van der Waals surface area contributed by atoms with Crippen LogP contribution in [0.2, 0.25) is 0 Å². The van der Waals surface area contributed by atoms with Gasteiger partial charge in [0.15, 0.2) is 5.75 Å². The minimum atomic E-state index is -0.862. The Bertz CT molecular complexity index is 782. The zero-order valence-electron chi connectivity index (χ0n) is 13.9. The Kier molecular flexibility index (Phi) is 4.09. The molecule has 0 unspecified atom stereocenters. The Balaban J connectivity index is 1.54. The topological polar surface area (TPSA) is 84.8 Å². The lowest BCUT2D eigenvalue weighted by Crippen LogP contribution is -2.46. The molecule has 7 nitrogen and oxygen atoms in total. The van der Waals surface area contributed by atoms with E-state index in [1.54, 1.807) is 19.5 Å². The van der Waals surface area contributed by atoms with Crippen LogP contribution in [0.4, 0.5) is 5.95 Å². The van der Waals surface area contributed by atoms with Gasteiger partial charge in [-0.3, -0.25) is 0 Å². The predicted molar refractivity (Wildman–Crippen MR) is 92.6 cm³/mol. The van der Waals surface area contributed by atoms with Crippen LogP contribution in [0.5, 0.6) is 5.75 Å². The molecule has 2 aromatic heterocycles. The molecule has 0 radical (unpaired) electrons. The number of ether oxygens (including phenoxy) is 2. The van der Waals surface area contributed by atoms with E-state index in [2.05, 4.69) is 14.9 Å². The highest BCUT2D eigenvalue weighted by Gasteiger charge is 2.43. The maximum absolute atomic E-state index is 11.3. The van der Waals surface area contributed by atoms with Gasteiger partial charge in [-0.25, -0.2) is 14.8 Å². The van der Waals surface area contributed by atoms with Crippen LogP contribution in [-0.2, 0) is 16.8 Å². The van der Waals surface area contributed by atoms with Crippen molar-refractivity contribution in [1.29, 1.82) is 0 Å². The highest BCUT2D eigenvalue weighted by atomic mass is 32.1. The van der Waals surface area contributed by atoms with Crippen molar-refractivity contribution < 1.29 is 19.4 Å². The molecular formula is C17H19N3O4S. The summed E-state index contributed by atoms with van der Waals surface area (Å²) in [6, 6.07) is 1.81. The highest BCUT2D eigenvalue weighted by Crippen LogP contribution is 2.45. The standard InChI is InChI=1S/C17H19N3O4S/c1-23-12-9-18-16(19-10-12)20-5-3-17(4-6-20)14-11(2-7-24-17)8-13(25-14)15(21)22/h8-10H,2-7H2,1H3,(H,21,22). The van der Waals surface area contributed by atoms with Gasteiger partial charge in [0.2, 0.25) is 5.95 Å². The number of carbonyl (C=O) groups is 1. The number of methoxy groups -OCH3 is 1. The third-order valence-electron chi connectivity index (χ3n) is 4.89. The largest absolute Gasteiger partial charge is 0.494 e. The molecule has 8 heteroatoms. The van der Waals surface area contributed by atoms with Crippen LogP contribution in [0.1, 0.15) is 33.0 Å². The zero-order valence-corrected chi connectivity index (χ0v) is 14.7. The van der Waals surface area contributed by atoms with Gasteiger partial charge in [-0.05, 0) is 30.9 Å². The number of aromatic carboxylic acids is 1. The summed E-state index contributed by atoms with van der Waals surface area (Å²) in [5.74, 6) is 0.458. The molecule has 1 fully saturated rings. The van der Waals surface area contributed by atoms with Gasteiger partial charge in [-0.2, -0.15) is 0 Å². The maximum atomic E-state index is 11.3. The lowest BCUT2D eigenvalue weighted by atomic mass is 9.85. The summed E-state index contributed by atoms with van der Waals surface area (Å²) >= 11 is 1.36. The molecule has 0 atom stereocenters. The quantitative estimate of drug-likeness (QED) is 0.898. The van der Waals surface area contributed by atoms with Gasteiger partial charge in [0.25, 0.3) is 0 Å². The number of carboxylic acids is 1. The molecule has 0 bridgehead atoms. The SMILES string of the molecule is COc1cnc(N2CCC3(CC2)OCCc2cc(C(=O)O)sc23)nc1. The van der Waals surface area contributed by atoms with Gasteiger partial charge in [0.1, 0.15) is 10.5 Å². The van der Waals surface area contributed by atoms with E-state index in [0.717, 1.165) is 42.8 Å². The Labute approximate surface area is 149 Å². The number of rotatable bonds is 3. The molecule has 2 aliphatic rings. The first-order chi connectivity index (χ1) is 12.1. The average Bonchev–Trinajstić information content (AvgIpc) is 3.09. The zero-order chi connectivity index (χ0) is 17.4. The Morgan fingerprint density at radius 1 is 1.36 bits per heavy atom. The van der Waals surface area contributed by atoms with E-state index in [4.69, 9.17) is 9.47 Å². The number of thiophene rings is 1. The summed E-state index contributed by atoms with van der Waals surface area (Å²) in [6.45, 7) is 2.18. The molecule has 1 spiro atoms. The van der Waals surface area contributed by atoms with E-state index in [9.17, 15) is 9.90 Å². The van der Waals surface area contributed by atoms with Gasteiger partial charge < -0.3 is 19.5 Å². The summed E-state index contributed by atoms with van der Waals surface area (Å²) < 4.78 is 11.3. The number of aromatic nitrogens is 2. The Hall–Kier alpha value is -2.19. The summed E-state index contributed by atoms with van der Waals surface area (Å²) in [5, 5.41) is 9.29. The normalized spacial score (nSPS) is 18.8. The molecule has 2 aromatic rings. The predicted octanol–water partition coefficient (Wildman–Crippen LogP) is 2.31. The molecule has 4 rings (SSSR count). The number of hydrogen-bond donors (Lipinski definition) is 1. The number of hydrogen-bond acceptors (Lipinski definition) is 7. The smallest absolute Gasteiger partial charge is 0.345 e. The second-order valence-electron chi connectivity index (χ2n) is 6.27. The third-order valence-corrected chi connectivity index (χ3v) is 6.24. The number of nitrogens with zero attached hydrogens (tertiary/aromatic N) is 3. The van der Waals surface area contributed by atoms with Crippen molar-refractivity contribution >= 4 is 23.3 Å². The Morgan fingerprint density at radius 3 is 2.72 bits per heavy atom. The number of anilines is 1. The van der Waals surface area contributed by atoms with E-state index in [0.29, 0.717) is 23.2 Å². The van der Waals surface area contributed by atoms with Crippen molar-refractivity contribution in [3.63, 3.8) is 0 Å². The summed E-state index contributed by atoms with van der Waals surface area (Å²) in [5.41, 5.74) is 0.761. The number of piperidine rings is 1. The maximum Gasteiger partial charge on any atom is 0.345 e. The van der Waals surface area contributed by atoms with Crippen molar-refractivity contribution in [2.75, 3.05) is 31.7 Å². The van der Waals surface area contributed by atoms with Crippen molar-refractivity contribution in [1.82, 2.24) is 9.97 Å². The highest BCUT2D eigenvalue weighted by molar-refractivity contribution is 7.14. The van der Waals surface area contributed by atoms with Gasteiger partial charge in [-0.15, -0.1) is 11.3 Å². The molecule has 4 heterocycles. The van der Waals surface area contributed by atoms with E-state index < -0.39 is 5.97 Å². The van der Waals surface area contributed by atoms with Crippen LogP contribution in [0.15, 0.2) is 18.5 Å². The molecule has 132 valence electrons. The summed E-state index contributed by atoms with van der Waals surface area (Å²) in [4.78, 5) is 23.6. The fourth-order valence-corrected chi connectivity index (χ4v) is 4.79. The monoisotopic (exact) mass is 361 g/mol. The summed E-state index contributed by atoms with van der Waals surface area (Å²) in [7, 11) is 1.59. The molecule has 0 saturated carbocycles. The molecule has 0 amide bonds. The fourth-order valence-electron chi connectivity index (χ4n) is 3.54. The van der Waals surface area contributed by atoms with E-state index in [1.807, 2.05) is 6.07 Å². The van der Waals surface area contributed by atoms with E-state index in [-0.39, 0.29) is 5.60 Å². The second kappa shape index (κ2) is 6.27. The summed E-state index contributed by atoms with van der Waals surface area (Å²) in [6.07, 6.45) is 5.72. The van der Waals surface area contributed by atoms with Crippen LogP contribution in [0, 0.1) is 0 Å². The van der Waals surface area contributed by atoms with Crippen molar-refractivity contribution in [3.05, 3.63) is 33.8 Å². The van der Waals surface area contributed by atoms with Gasteiger partial charge in [0.05, 0.1) is 26.1 Å². The first-order valence-corrected chi connectivity index (χ1v) is 9.04. The molecule has 25 heavy (non-hydrogen) atoms. The first kappa shape index (κ1) is 16.3. The second-order valence-corrected chi connectivity index (χ2v) is 7.33. The molecule has 1 saturated heterocycles.